The second-order valence-electron chi connectivity index (χ2n) is 5.25. The Morgan fingerprint density at radius 2 is 1.63 bits per heavy atom. The van der Waals surface area contributed by atoms with E-state index in [1.54, 1.807) is 6.07 Å². The number of methoxy groups -OCH3 is 3. The summed E-state index contributed by atoms with van der Waals surface area (Å²) in [7, 11) is 4.31. The molecule has 0 aliphatic rings. The molecule has 8 heteroatoms. The van der Waals surface area contributed by atoms with E-state index in [0.717, 1.165) is 0 Å². The first-order valence-corrected chi connectivity index (χ1v) is 7.82. The zero-order chi connectivity index (χ0) is 19.8. The van der Waals surface area contributed by atoms with Crippen LogP contribution in [0.15, 0.2) is 42.5 Å². The van der Waals surface area contributed by atoms with E-state index in [2.05, 4.69) is 10.9 Å². The van der Waals surface area contributed by atoms with Crippen LogP contribution in [0, 0.1) is 5.82 Å². The van der Waals surface area contributed by atoms with Crippen molar-refractivity contribution in [2.75, 3.05) is 21.3 Å². The molecular weight excluding hydrogens is 355 g/mol. The summed E-state index contributed by atoms with van der Waals surface area (Å²) in [4.78, 5) is 24.1. The summed E-state index contributed by atoms with van der Waals surface area (Å²) in [6.07, 6.45) is 2.59. The molecule has 0 fully saturated rings. The van der Waals surface area contributed by atoms with Crippen LogP contribution in [-0.4, -0.2) is 33.1 Å². The Bertz CT molecular complexity index is 842. The summed E-state index contributed by atoms with van der Waals surface area (Å²) in [6.45, 7) is 0. The van der Waals surface area contributed by atoms with Gasteiger partial charge in [0, 0.05) is 11.6 Å². The van der Waals surface area contributed by atoms with Crippen LogP contribution in [0.2, 0.25) is 0 Å². The summed E-state index contributed by atoms with van der Waals surface area (Å²) in [6, 6.07) is 8.64. The first-order valence-electron chi connectivity index (χ1n) is 7.82. The van der Waals surface area contributed by atoms with Crippen molar-refractivity contribution < 1.29 is 28.2 Å². The van der Waals surface area contributed by atoms with Gasteiger partial charge < -0.3 is 14.2 Å². The van der Waals surface area contributed by atoms with Crippen LogP contribution in [0.25, 0.3) is 6.08 Å². The molecule has 2 aromatic rings. The Balaban J connectivity index is 2.03. The number of hydrogen-bond donors (Lipinski definition) is 2. The van der Waals surface area contributed by atoms with Gasteiger partial charge in [0.2, 0.25) is 5.75 Å². The molecule has 0 atom stereocenters. The first kappa shape index (κ1) is 19.8. The standard InChI is InChI=1S/C19H19FN2O5/c1-25-15-10-13(11-16(26-2)18(15)27-3)19(24)22-21-17(23)8-7-12-5-4-6-14(20)9-12/h4-11H,1-3H3,(H,21,23)(H,22,24). The molecular formula is C19H19FN2O5. The molecule has 0 unspecified atom stereocenters. The fraction of sp³-hybridized carbons (Fsp3) is 0.158. The molecule has 0 radical (unpaired) electrons. The minimum absolute atomic E-state index is 0.193. The average molecular weight is 374 g/mol. The normalized spacial score (nSPS) is 10.4. The van der Waals surface area contributed by atoms with E-state index in [-0.39, 0.29) is 5.56 Å². The van der Waals surface area contributed by atoms with Crippen molar-refractivity contribution in [3.05, 3.63) is 59.4 Å². The molecule has 0 aliphatic carbocycles. The van der Waals surface area contributed by atoms with Gasteiger partial charge in [0.05, 0.1) is 21.3 Å². The Morgan fingerprint density at radius 3 is 2.19 bits per heavy atom. The van der Waals surface area contributed by atoms with Gasteiger partial charge in [0.1, 0.15) is 5.82 Å². The van der Waals surface area contributed by atoms with Crippen molar-refractivity contribution in [1.29, 1.82) is 0 Å². The minimum atomic E-state index is -0.583. The van der Waals surface area contributed by atoms with E-state index >= 15 is 0 Å². The molecule has 7 nitrogen and oxygen atoms in total. The highest BCUT2D eigenvalue weighted by molar-refractivity contribution is 5.98. The van der Waals surface area contributed by atoms with Crippen LogP contribution in [0.3, 0.4) is 0 Å². The van der Waals surface area contributed by atoms with Crippen molar-refractivity contribution in [3.63, 3.8) is 0 Å². The lowest BCUT2D eigenvalue weighted by Crippen LogP contribution is -2.40. The molecule has 2 N–H and O–H groups in total. The lowest BCUT2D eigenvalue weighted by molar-refractivity contribution is -0.117. The molecule has 27 heavy (non-hydrogen) atoms. The topological polar surface area (TPSA) is 85.9 Å². The molecule has 2 amide bonds. The van der Waals surface area contributed by atoms with Gasteiger partial charge in [0.15, 0.2) is 11.5 Å². The Hall–Kier alpha value is -3.55. The van der Waals surface area contributed by atoms with Gasteiger partial charge in [0.25, 0.3) is 11.8 Å². The van der Waals surface area contributed by atoms with Crippen molar-refractivity contribution in [1.82, 2.24) is 10.9 Å². The molecule has 0 saturated heterocycles. The lowest BCUT2D eigenvalue weighted by atomic mass is 10.1. The monoisotopic (exact) mass is 374 g/mol. The molecule has 0 heterocycles. The molecule has 0 aromatic heterocycles. The quantitative estimate of drug-likeness (QED) is 0.599. The van der Waals surface area contributed by atoms with Crippen LogP contribution >= 0.6 is 0 Å². The number of carbonyl (C=O) groups is 2. The Morgan fingerprint density at radius 1 is 0.963 bits per heavy atom. The first-order chi connectivity index (χ1) is 13.0. The van der Waals surface area contributed by atoms with E-state index < -0.39 is 17.6 Å². The molecule has 0 bridgehead atoms. The summed E-state index contributed by atoms with van der Waals surface area (Å²) in [5.74, 6) is -0.618. The summed E-state index contributed by atoms with van der Waals surface area (Å²) >= 11 is 0. The van der Waals surface area contributed by atoms with Gasteiger partial charge in [-0.2, -0.15) is 0 Å². The zero-order valence-corrected chi connectivity index (χ0v) is 15.0. The van der Waals surface area contributed by atoms with Crippen molar-refractivity contribution in [2.45, 2.75) is 0 Å². The van der Waals surface area contributed by atoms with Crippen molar-refractivity contribution in [2.24, 2.45) is 0 Å². The maximum absolute atomic E-state index is 13.1. The predicted molar refractivity (Wildman–Crippen MR) is 97.1 cm³/mol. The summed E-state index contributed by atoms with van der Waals surface area (Å²) < 4.78 is 28.6. The molecule has 142 valence electrons. The third-order valence-electron chi connectivity index (χ3n) is 3.50. The average Bonchev–Trinajstić information content (AvgIpc) is 2.69. The van der Waals surface area contributed by atoms with Gasteiger partial charge in [-0.25, -0.2) is 4.39 Å². The second kappa shape index (κ2) is 9.23. The fourth-order valence-electron chi connectivity index (χ4n) is 2.23. The molecule has 0 saturated carbocycles. The maximum atomic E-state index is 13.1. The smallest absolute Gasteiger partial charge is 0.269 e. The van der Waals surface area contributed by atoms with E-state index in [4.69, 9.17) is 14.2 Å². The summed E-state index contributed by atoms with van der Waals surface area (Å²) in [5.41, 5.74) is 5.22. The van der Waals surface area contributed by atoms with Crippen molar-refractivity contribution in [3.8, 4) is 17.2 Å². The van der Waals surface area contributed by atoms with Gasteiger partial charge >= 0.3 is 0 Å². The number of amides is 2. The number of hydrogen-bond acceptors (Lipinski definition) is 5. The maximum Gasteiger partial charge on any atom is 0.269 e. The predicted octanol–water partition coefficient (Wildman–Crippen LogP) is 2.33. The number of rotatable bonds is 6. The number of carbonyl (C=O) groups excluding carboxylic acids is 2. The third kappa shape index (κ3) is 5.21. The highest BCUT2D eigenvalue weighted by atomic mass is 19.1. The number of hydrazine groups is 1. The van der Waals surface area contributed by atoms with E-state index in [9.17, 15) is 14.0 Å². The Kier molecular flexibility index (Phi) is 6.76. The van der Waals surface area contributed by atoms with E-state index in [1.807, 2.05) is 0 Å². The van der Waals surface area contributed by atoms with Gasteiger partial charge in [-0.05, 0) is 35.9 Å². The van der Waals surface area contributed by atoms with Gasteiger partial charge in [-0.1, -0.05) is 12.1 Å². The SMILES string of the molecule is COc1cc(C(=O)NNC(=O)C=Cc2cccc(F)c2)cc(OC)c1OC. The van der Waals surface area contributed by atoms with E-state index in [0.29, 0.717) is 22.8 Å². The Labute approximate surface area is 155 Å². The van der Waals surface area contributed by atoms with E-state index in [1.165, 1.54) is 63.8 Å². The van der Waals surface area contributed by atoms with Crippen LogP contribution in [0.1, 0.15) is 15.9 Å². The molecule has 0 spiro atoms. The number of halogens is 1. The van der Waals surface area contributed by atoms with Crippen LogP contribution in [-0.2, 0) is 4.79 Å². The van der Waals surface area contributed by atoms with Gasteiger partial charge in [-0.15, -0.1) is 0 Å². The van der Waals surface area contributed by atoms with Crippen LogP contribution in [0.5, 0.6) is 17.2 Å². The lowest BCUT2D eigenvalue weighted by Gasteiger charge is -2.14. The van der Waals surface area contributed by atoms with Gasteiger partial charge in [-0.3, -0.25) is 20.4 Å². The van der Waals surface area contributed by atoms with Crippen molar-refractivity contribution >= 4 is 17.9 Å². The zero-order valence-electron chi connectivity index (χ0n) is 15.0. The van der Waals surface area contributed by atoms with Crippen LogP contribution < -0.4 is 25.1 Å². The number of ether oxygens (including phenoxy) is 3. The largest absolute Gasteiger partial charge is 0.493 e. The molecule has 0 aliphatic heterocycles. The third-order valence-corrected chi connectivity index (χ3v) is 3.50. The number of benzene rings is 2. The highest BCUT2D eigenvalue weighted by Gasteiger charge is 2.17. The van der Waals surface area contributed by atoms with Crippen LogP contribution in [0.4, 0.5) is 4.39 Å². The minimum Gasteiger partial charge on any atom is -0.493 e. The number of nitrogens with one attached hydrogen (secondary N) is 2. The second-order valence-corrected chi connectivity index (χ2v) is 5.25. The molecule has 2 rings (SSSR count). The highest BCUT2D eigenvalue weighted by Crippen LogP contribution is 2.38. The molecule has 2 aromatic carbocycles. The summed E-state index contributed by atoms with van der Waals surface area (Å²) in [5, 5.41) is 0. The fourth-order valence-corrected chi connectivity index (χ4v) is 2.23.